The topological polar surface area (TPSA) is 71.5 Å². The lowest BCUT2D eigenvalue weighted by atomic mass is 10.1. The zero-order valence-electron chi connectivity index (χ0n) is 11.2. The van der Waals surface area contributed by atoms with Crippen molar-refractivity contribution in [2.75, 3.05) is 6.54 Å². The second-order valence-electron chi connectivity index (χ2n) is 5.17. The molecule has 1 fully saturated rings. The highest BCUT2D eigenvalue weighted by Gasteiger charge is 2.36. The Morgan fingerprint density at radius 3 is 1.95 bits per heavy atom. The first-order valence-corrected chi connectivity index (χ1v) is 9.94. The maximum Gasteiger partial charge on any atom is 0.261 e. The van der Waals surface area contributed by atoms with Crippen LogP contribution in [0.3, 0.4) is 0 Å². The van der Waals surface area contributed by atoms with Crippen molar-refractivity contribution in [2.45, 2.75) is 36.1 Å². The molecule has 1 aliphatic rings. The summed E-state index contributed by atoms with van der Waals surface area (Å²) in [6, 6.07) is 4.92. The minimum absolute atomic E-state index is 0.0496. The molecule has 2 atom stereocenters. The lowest BCUT2D eigenvalue weighted by molar-refractivity contribution is 0.405. The van der Waals surface area contributed by atoms with Crippen LogP contribution in [0.25, 0.3) is 0 Å². The van der Waals surface area contributed by atoms with Gasteiger partial charge in [-0.1, -0.05) is 6.92 Å². The second-order valence-corrected chi connectivity index (χ2v) is 9.63. The fraction of sp³-hybridized carbons (Fsp3) is 0.500. The van der Waals surface area contributed by atoms with Crippen molar-refractivity contribution in [3.05, 3.63) is 24.3 Å². The minimum Gasteiger partial charge on any atom is -0.207 e. The van der Waals surface area contributed by atoms with Gasteiger partial charge in [0.05, 0.1) is 9.79 Å². The van der Waals surface area contributed by atoms with E-state index in [0.29, 0.717) is 12.5 Å². The third kappa shape index (κ3) is 3.00. The maximum absolute atomic E-state index is 12.5. The maximum atomic E-state index is 12.5. The van der Waals surface area contributed by atoms with Gasteiger partial charge in [-0.15, -0.1) is 0 Å². The molecular weight excluding hydrogens is 322 g/mol. The van der Waals surface area contributed by atoms with E-state index in [-0.39, 0.29) is 15.8 Å². The van der Waals surface area contributed by atoms with Crippen LogP contribution in [0.2, 0.25) is 0 Å². The fourth-order valence-electron chi connectivity index (χ4n) is 2.51. The molecule has 2 unspecified atom stereocenters. The fourth-order valence-corrected chi connectivity index (χ4v) is 5.04. The molecule has 0 aliphatic carbocycles. The van der Waals surface area contributed by atoms with Gasteiger partial charge in [-0.3, -0.25) is 0 Å². The Bertz CT molecular complexity index is 697. The van der Waals surface area contributed by atoms with E-state index in [2.05, 4.69) is 0 Å². The van der Waals surface area contributed by atoms with Crippen LogP contribution in [0.4, 0.5) is 0 Å². The quantitative estimate of drug-likeness (QED) is 0.791. The van der Waals surface area contributed by atoms with Crippen molar-refractivity contribution in [1.29, 1.82) is 0 Å². The van der Waals surface area contributed by atoms with Gasteiger partial charge in [0.1, 0.15) is 0 Å². The van der Waals surface area contributed by atoms with Crippen LogP contribution >= 0.6 is 10.7 Å². The first-order valence-electron chi connectivity index (χ1n) is 6.19. The number of nitrogens with zero attached hydrogens (tertiary/aromatic N) is 1. The Labute approximate surface area is 124 Å². The normalized spacial score (nSPS) is 24.9. The summed E-state index contributed by atoms with van der Waals surface area (Å²) in [5.74, 6) is 0.322. The van der Waals surface area contributed by atoms with Gasteiger partial charge in [0.25, 0.3) is 9.05 Å². The monoisotopic (exact) mass is 337 g/mol. The molecule has 1 heterocycles. The Kier molecular flexibility index (Phi) is 4.17. The smallest absolute Gasteiger partial charge is 0.207 e. The van der Waals surface area contributed by atoms with Gasteiger partial charge in [0.15, 0.2) is 0 Å². The highest BCUT2D eigenvalue weighted by atomic mass is 35.7. The molecule has 0 radical (unpaired) electrons. The SMILES string of the molecule is CC1CC(C)N(S(=O)(=O)c2ccc(S(=O)(=O)Cl)cc2)C1. The minimum atomic E-state index is -3.84. The molecule has 1 aromatic carbocycles. The molecule has 1 aromatic rings. The third-order valence-corrected chi connectivity index (χ3v) is 6.80. The van der Waals surface area contributed by atoms with Gasteiger partial charge in [0, 0.05) is 23.3 Å². The van der Waals surface area contributed by atoms with E-state index in [9.17, 15) is 16.8 Å². The van der Waals surface area contributed by atoms with E-state index in [1.54, 1.807) is 0 Å². The standard InChI is InChI=1S/C12H16ClNO4S2/c1-9-7-10(2)14(8-9)20(17,18)12-5-3-11(4-6-12)19(13,15)16/h3-6,9-10H,7-8H2,1-2H3. The van der Waals surface area contributed by atoms with Crippen LogP contribution in [-0.2, 0) is 19.1 Å². The Balaban J connectivity index is 2.36. The summed E-state index contributed by atoms with van der Waals surface area (Å²) in [6.45, 7) is 4.37. The average molecular weight is 338 g/mol. The first kappa shape index (κ1) is 15.8. The highest BCUT2D eigenvalue weighted by Crippen LogP contribution is 2.29. The predicted molar refractivity (Wildman–Crippen MR) is 76.6 cm³/mol. The van der Waals surface area contributed by atoms with Crippen molar-refractivity contribution in [1.82, 2.24) is 4.31 Å². The van der Waals surface area contributed by atoms with Gasteiger partial charge < -0.3 is 0 Å². The van der Waals surface area contributed by atoms with Crippen molar-refractivity contribution in [3.8, 4) is 0 Å². The van der Waals surface area contributed by atoms with Crippen molar-refractivity contribution < 1.29 is 16.8 Å². The van der Waals surface area contributed by atoms with E-state index in [1.165, 1.54) is 28.6 Å². The Morgan fingerprint density at radius 2 is 1.55 bits per heavy atom. The van der Waals surface area contributed by atoms with Gasteiger partial charge in [-0.05, 0) is 43.5 Å². The summed E-state index contributed by atoms with van der Waals surface area (Å²) in [5, 5.41) is 0. The Morgan fingerprint density at radius 1 is 1.05 bits per heavy atom. The van der Waals surface area contributed by atoms with Crippen molar-refractivity contribution in [3.63, 3.8) is 0 Å². The van der Waals surface area contributed by atoms with Crippen LogP contribution in [-0.4, -0.2) is 33.7 Å². The van der Waals surface area contributed by atoms with Gasteiger partial charge in [0.2, 0.25) is 10.0 Å². The summed E-state index contributed by atoms with van der Waals surface area (Å²) in [5.41, 5.74) is 0. The molecule has 0 amide bonds. The van der Waals surface area contributed by atoms with Crippen molar-refractivity contribution >= 4 is 29.8 Å². The first-order chi connectivity index (χ1) is 9.12. The summed E-state index contributed by atoms with van der Waals surface area (Å²) in [6.07, 6.45) is 0.827. The lowest BCUT2D eigenvalue weighted by Crippen LogP contribution is -2.33. The van der Waals surface area contributed by atoms with E-state index in [0.717, 1.165) is 6.42 Å². The molecular formula is C12H16ClNO4S2. The van der Waals surface area contributed by atoms with Gasteiger partial charge >= 0.3 is 0 Å². The van der Waals surface area contributed by atoms with E-state index in [4.69, 9.17) is 10.7 Å². The number of benzene rings is 1. The molecule has 0 spiro atoms. The number of hydrogen-bond donors (Lipinski definition) is 0. The molecule has 20 heavy (non-hydrogen) atoms. The molecule has 0 saturated carbocycles. The third-order valence-electron chi connectivity index (χ3n) is 3.44. The van der Waals surface area contributed by atoms with Gasteiger partial charge in [-0.25, -0.2) is 16.8 Å². The zero-order valence-corrected chi connectivity index (χ0v) is 13.5. The molecule has 2 rings (SSSR count). The molecule has 5 nitrogen and oxygen atoms in total. The van der Waals surface area contributed by atoms with Crippen LogP contribution in [0.5, 0.6) is 0 Å². The Hall–Kier alpha value is -0.630. The molecule has 8 heteroatoms. The summed E-state index contributed by atoms with van der Waals surface area (Å²) in [7, 11) is -2.22. The molecule has 0 aromatic heterocycles. The lowest BCUT2D eigenvalue weighted by Gasteiger charge is -2.21. The molecule has 112 valence electrons. The summed E-state index contributed by atoms with van der Waals surface area (Å²) >= 11 is 0. The molecule has 1 aliphatic heterocycles. The van der Waals surface area contributed by atoms with Gasteiger partial charge in [-0.2, -0.15) is 4.31 Å². The largest absolute Gasteiger partial charge is 0.261 e. The molecule has 1 saturated heterocycles. The predicted octanol–water partition coefficient (Wildman–Crippen LogP) is 2.03. The highest BCUT2D eigenvalue weighted by molar-refractivity contribution is 8.13. The van der Waals surface area contributed by atoms with Crippen molar-refractivity contribution in [2.24, 2.45) is 5.92 Å². The van der Waals surface area contributed by atoms with E-state index >= 15 is 0 Å². The zero-order chi connectivity index (χ0) is 15.1. The van der Waals surface area contributed by atoms with Crippen LogP contribution in [0.1, 0.15) is 20.3 Å². The van der Waals surface area contributed by atoms with E-state index < -0.39 is 19.1 Å². The number of sulfonamides is 1. The summed E-state index contributed by atoms with van der Waals surface area (Å²) < 4.78 is 48.8. The van der Waals surface area contributed by atoms with Crippen LogP contribution in [0.15, 0.2) is 34.1 Å². The molecule has 0 bridgehead atoms. The van der Waals surface area contributed by atoms with Crippen LogP contribution < -0.4 is 0 Å². The number of hydrogen-bond acceptors (Lipinski definition) is 4. The summed E-state index contributed by atoms with van der Waals surface area (Å²) in [4.78, 5) is -0.0246. The second kappa shape index (κ2) is 5.29. The number of rotatable bonds is 3. The molecule has 0 N–H and O–H groups in total. The number of halogens is 1. The van der Waals surface area contributed by atoms with Crippen LogP contribution in [0, 0.1) is 5.92 Å². The average Bonchev–Trinajstić information content (AvgIpc) is 2.68. The van der Waals surface area contributed by atoms with E-state index in [1.807, 2.05) is 13.8 Å².